The second kappa shape index (κ2) is 4.73. The Balaban J connectivity index is 2.41. The van der Waals surface area contributed by atoms with Crippen LogP contribution in [-0.4, -0.2) is 21.4 Å². The number of rotatable bonds is 3. The fourth-order valence-electron chi connectivity index (χ4n) is 2.42. The van der Waals surface area contributed by atoms with Gasteiger partial charge in [-0.15, -0.1) is 0 Å². The van der Waals surface area contributed by atoms with Crippen molar-refractivity contribution in [3.63, 3.8) is 0 Å². The topological polar surface area (TPSA) is 81.2 Å². The fourth-order valence-corrected chi connectivity index (χ4v) is 2.42. The zero-order valence-corrected chi connectivity index (χ0v) is 10.7. The first kappa shape index (κ1) is 13.7. The van der Waals surface area contributed by atoms with Gasteiger partial charge in [0.1, 0.15) is 11.8 Å². The number of carbonyl (C=O) groups excluding carboxylic acids is 1. The van der Waals surface area contributed by atoms with Crippen LogP contribution in [0.2, 0.25) is 0 Å². The summed E-state index contributed by atoms with van der Waals surface area (Å²) in [6.45, 7) is 3.65. The number of hydrogen-bond acceptors (Lipinski definition) is 4. The summed E-state index contributed by atoms with van der Waals surface area (Å²) >= 11 is 0. The predicted octanol–water partition coefficient (Wildman–Crippen LogP) is 0.578. The Bertz CT molecular complexity index is 608. The highest BCUT2D eigenvalue weighted by molar-refractivity contribution is 5.63. The first-order valence-electron chi connectivity index (χ1n) is 6.08. The molecule has 0 bridgehead atoms. The van der Waals surface area contributed by atoms with Gasteiger partial charge in [0.05, 0.1) is 6.20 Å². The van der Waals surface area contributed by atoms with Crippen LogP contribution < -0.4 is 11.2 Å². The zero-order valence-electron chi connectivity index (χ0n) is 10.7. The van der Waals surface area contributed by atoms with Gasteiger partial charge in [0.2, 0.25) is 5.82 Å². The number of nitrogens with one attached hydrogen (secondary N) is 1. The van der Waals surface area contributed by atoms with Crippen LogP contribution in [0.5, 0.6) is 0 Å². The molecule has 1 fully saturated rings. The van der Waals surface area contributed by atoms with Gasteiger partial charge in [-0.05, 0) is 18.8 Å². The van der Waals surface area contributed by atoms with Crippen molar-refractivity contribution in [2.75, 3.05) is 0 Å². The smallest absolute Gasteiger partial charge is 0.330 e. The largest absolute Gasteiger partial charge is 0.344 e. The fraction of sp³-hybridized carbons (Fsp3) is 0.583. The van der Waals surface area contributed by atoms with Crippen LogP contribution in [0.1, 0.15) is 32.9 Å². The van der Waals surface area contributed by atoms with Crippen molar-refractivity contribution in [1.29, 1.82) is 0 Å². The minimum Gasteiger partial charge on any atom is -0.344 e. The Morgan fingerprint density at radius 3 is 2.84 bits per heavy atom. The Kier molecular flexibility index (Phi) is 3.40. The second-order valence-corrected chi connectivity index (χ2v) is 4.78. The second-order valence-electron chi connectivity index (χ2n) is 4.78. The zero-order chi connectivity index (χ0) is 14.2. The first-order valence-corrected chi connectivity index (χ1v) is 6.08. The lowest BCUT2D eigenvalue weighted by atomic mass is 9.88. The maximum Gasteiger partial charge on any atom is 0.330 e. The average Bonchev–Trinajstić information content (AvgIpc) is 2.71. The molecule has 6 nitrogen and oxygen atoms in total. The molecule has 7 heteroatoms. The third kappa shape index (κ3) is 2.14. The number of ether oxygens (including phenoxy) is 1. The normalized spacial score (nSPS) is 30.5. The van der Waals surface area contributed by atoms with E-state index in [0.717, 1.165) is 17.1 Å². The molecule has 1 N–H and O–H groups in total. The van der Waals surface area contributed by atoms with Crippen molar-refractivity contribution >= 4 is 6.29 Å². The third-order valence-corrected chi connectivity index (χ3v) is 3.73. The molecular formula is C12H15FN2O4. The molecule has 1 aromatic rings. The minimum atomic E-state index is -1.07. The number of H-pyrrole nitrogens is 1. The molecule has 104 valence electrons. The summed E-state index contributed by atoms with van der Waals surface area (Å²) in [5, 5.41) is 0. The van der Waals surface area contributed by atoms with Crippen LogP contribution in [0, 0.1) is 11.7 Å². The number of halogens is 1. The van der Waals surface area contributed by atoms with Gasteiger partial charge in [0, 0.05) is 0 Å². The van der Waals surface area contributed by atoms with Gasteiger partial charge in [-0.2, -0.15) is 4.39 Å². The molecule has 0 amide bonds. The van der Waals surface area contributed by atoms with E-state index in [9.17, 15) is 18.8 Å². The molecular weight excluding hydrogens is 255 g/mol. The van der Waals surface area contributed by atoms with E-state index in [2.05, 4.69) is 0 Å². The first-order chi connectivity index (χ1) is 8.93. The monoisotopic (exact) mass is 270 g/mol. The van der Waals surface area contributed by atoms with Crippen LogP contribution in [0.15, 0.2) is 15.8 Å². The van der Waals surface area contributed by atoms with Gasteiger partial charge < -0.3 is 9.53 Å². The molecule has 0 aliphatic carbocycles. The van der Waals surface area contributed by atoms with Crippen molar-refractivity contribution in [2.24, 2.45) is 5.92 Å². The van der Waals surface area contributed by atoms with Crippen LogP contribution in [0.25, 0.3) is 0 Å². The van der Waals surface area contributed by atoms with Gasteiger partial charge in [-0.25, -0.2) is 4.79 Å². The van der Waals surface area contributed by atoms with Crippen molar-refractivity contribution < 1.29 is 13.9 Å². The van der Waals surface area contributed by atoms with Crippen LogP contribution in [0.3, 0.4) is 0 Å². The van der Waals surface area contributed by atoms with E-state index < -0.39 is 28.9 Å². The van der Waals surface area contributed by atoms with E-state index in [1.54, 1.807) is 0 Å². The lowest BCUT2D eigenvalue weighted by molar-refractivity contribution is -0.138. The molecule has 2 heterocycles. The highest BCUT2D eigenvalue weighted by atomic mass is 19.1. The third-order valence-electron chi connectivity index (χ3n) is 3.73. The number of aromatic amines is 1. The lowest BCUT2D eigenvalue weighted by Crippen LogP contribution is -2.37. The van der Waals surface area contributed by atoms with Crippen molar-refractivity contribution in [3.8, 4) is 0 Å². The van der Waals surface area contributed by atoms with E-state index in [1.165, 1.54) is 0 Å². The molecule has 1 aliphatic heterocycles. The van der Waals surface area contributed by atoms with Gasteiger partial charge >= 0.3 is 5.69 Å². The molecule has 3 atom stereocenters. The predicted molar refractivity (Wildman–Crippen MR) is 64.3 cm³/mol. The van der Waals surface area contributed by atoms with Gasteiger partial charge in [0.25, 0.3) is 5.56 Å². The highest BCUT2D eigenvalue weighted by Gasteiger charge is 2.46. The lowest BCUT2D eigenvalue weighted by Gasteiger charge is -2.25. The molecule has 0 saturated carbocycles. The van der Waals surface area contributed by atoms with Crippen LogP contribution in [-0.2, 0) is 9.53 Å². The average molecular weight is 270 g/mol. The Morgan fingerprint density at radius 2 is 2.32 bits per heavy atom. The molecule has 0 unspecified atom stereocenters. The molecule has 0 radical (unpaired) electrons. The van der Waals surface area contributed by atoms with Crippen LogP contribution >= 0.6 is 0 Å². The van der Waals surface area contributed by atoms with Crippen molar-refractivity contribution in [1.82, 2.24) is 9.55 Å². The summed E-state index contributed by atoms with van der Waals surface area (Å²) in [6.07, 6.45) is 1.66. The van der Waals surface area contributed by atoms with Crippen LogP contribution in [0.4, 0.5) is 4.39 Å². The summed E-state index contributed by atoms with van der Waals surface area (Å²) in [7, 11) is 0. The van der Waals surface area contributed by atoms with Gasteiger partial charge in [-0.3, -0.25) is 14.3 Å². The number of aromatic nitrogens is 2. The molecule has 0 spiro atoms. The van der Waals surface area contributed by atoms with E-state index in [-0.39, 0.29) is 5.92 Å². The number of nitrogens with zero attached hydrogens (tertiary/aromatic N) is 1. The number of aldehydes is 1. The van der Waals surface area contributed by atoms with E-state index in [1.807, 2.05) is 18.8 Å². The summed E-state index contributed by atoms with van der Waals surface area (Å²) in [5.74, 6) is -1.15. The Hall–Kier alpha value is -1.76. The van der Waals surface area contributed by atoms with Gasteiger partial charge in [-0.1, -0.05) is 13.8 Å². The summed E-state index contributed by atoms with van der Waals surface area (Å²) in [4.78, 5) is 35.7. The highest BCUT2D eigenvalue weighted by Crippen LogP contribution is 2.41. The molecule has 2 rings (SSSR count). The summed E-state index contributed by atoms with van der Waals surface area (Å²) < 4.78 is 19.8. The minimum absolute atomic E-state index is 0.0955. The molecule has 1 aliphatic rings. The molecule has 19 heavy (non-hydrogen) atoms. The molecule has 1 aromatic heterocycles. The van der Waals surface area contributed by atoms with E-state index in [4.69, 9.17) is 4.74 Å². The van der Waals surface area contributed by atoms with E-state index in [0.29, 0.717) is 12.8 Å². The maximum absolute atomic E-state index is 13.2. The standard InChI is InChI=1S/C12H15FN2O4/c1-3-12(6-16)7(2)4-9(19-12)15-5-8(13)10(17)14-11(15)18/h5-7,9H,3-4H2,1-2H3,(H,14,17,18)/t7-,9+,12-/m0/s1. The Morgan fingerprint density at radius 1 is 1.63 bits per heavy atom. The van der Waals surface area contributed by atoms with Crippen molar-refractivity contribution in [3.05, 3.63) is 32.9 Å². The summed E-state index contributed by atoms with van der Waals surface area (Å²) in [6, 6.07) is 0. The SMILES string of the molecule is CC[C@@]1(C=O)O[C@@H](n2cc(F)c(=O)[nH]c2=O)C[C@@H]1C. The Labute approximate surface area is 108 Å². The quantitative estimate of drug-likeness (QED) is 0.814. The maximum atomic E-state index is 13.2. The number of carbonyl (C=O) groups is 1. The van der Waals surface area contributed by atoms with Crippen molar-refractivity contribution in [2.45, 2.75) is 38.5 Å². The van der Waals surface area contributed by atoms with Gasteiger partial charge in [0.15, 0.2) is 6.29 Å². The van der Waals surface area contributed by atoms with E-state index >= 15 is 0 Å². The molecule has 1 saturated heterocycles. The summed E-state index contributed by atoms with van der Waals surface area (Å²) in [5.41, 5.74) is -2.78. The molecule has 0 aromatic carbocycles. The number of hydrogen-bond donors (Lipinski definition) is 1.